The van der Waals surface area contributed by atoms with Gasteiger partial charge < -0.3 is 5.32 Å². The fourth-order valence-electron chi connectivity index (χ4n) is 2.04. The van der Waals surface area contributed by atoms with E-state index in [4.69, 9.17) is 0 Å². The number of anilines is 1. The van der Waals surface area contributed by atoms with E-state index in [2.05, 4.69) is 57.3 Å². The first kappa shape index (κ1) is 11.5. The van der Waals surface area contributed by atoms with Gasteiger partial charge in [0.2, 0.25) is 0 Å². The lowest BCUT2D eigenvalue weighted by Gasteiger charge is -2.20. The maximum absolute atomic E-state index is 3.58. The fraction of sp³-hybridized carbons (Fsp3) is 0.600. The summed E-state index contributed by atoms with van der Waals surface area (Å²) in [5.74, 6) is 0.905. The van der Waals surface area contributed by atoms with Crippen LogP contribution in [0.5, 0.6) is 0 Å². The largest absolute Gasteiger partial charge is 0.382 e. The molecule has 0 radical (unpaired) electrons. The van der Waals surface area contributed by atoms with E-state index < -0.39 is 0 Å². The standard InChI is InChI=1S/C15H23N/c1-11(12-5-6-12)16-14-9-7-13(8-10-14)15(2,3)4/h7-12,16H,5-6H2,1-4H3. The molecule has 1 saturated carbocycles. The molecule has 0 spiro atoms. The van der Waals surface area contributed by atoms with Crippen molar-refractivity contribution in [3.05, 3.63) is 29.8 Å². The van der Waals surface area contributed by atoms with E-state index >= 15 is 0 Å². The second-order valence-electron chi connectivity index (χ2n) is 6.10. The molecule has 0 amide bonds. The third-order valence-electron chi connectivity index (χ3n) is 3.47. The molecule has 0 saturated heterocycles. The average Bonchev–Trinajstić information content (AvgIpc) is 3.00. The predicted octanol–water partition coefficient (Wildman–Crippen LogP) is 4.19. The molecule has 0 aliphatic heterocycles. The van der Waals surface area contributed by atoms with Gasteiger partial charge in [-0.1, -0.05) is 32.9 Å². The van der Waals surface area contributed by atoms with Crippen LogP contribution in [0, 0.1) is 5.92 Å². The van der Waals surface area contributed by atoms with E-state index in [0.717, 1.165) is 5.92 Å². The minimum atomic E-state index is 0.251. The molecular weight excluding hydrogens is 194 g/mol. The lowest BCUT2D eigenvalue weighted by molar-refractivity contribution is 0.590. The van der Waals surface area contributed by atoms with Gasteiger partial charge in [0.1, 0.15) is 0 Å². The minimum absolute atomic E-state index is 0.251. The van der Waals surface area contributed by atoms with Crippen LogP contribution >= 0.6 is 0 Å². The van der Waals surface area contributed by atoms with Crippen LogP contribution in [0.1, 0.15) is 46.1 Å². The average molecular weight is 217 g/mol. The monoisotopic (exact) mass is 217 g/mol. The van der Waals surface area contributed by atoms with Crippen molar-refractivity contribution in [1.29, 1.82) is 0 Å². The molecule has 0 bridgehead atoms. The Balaban J connectivity index is 2.01. The van der Waals surface area contributed by atoms with Crippen molar-refractivity contribution in [3.8, 4) is 0 Å². The van der Waals surface area contributed by atoms with E-state index in [1.807, 2.05) is 0 Å². The molecule has 0 aromatic heterocycles. The molecule has 1 unspecified atom stereocenters. The van der Waals surface area contributed by atoms with Crippen LogP contribution in [-0.4, -0.2) is 6.04 Å². The second kappa shape index (κ2) is 4.12. The summed E-state index contributed by atoms with van der Waals surface area (Å²) < 4.78 is 0. The topological polar surface area (TPSA) is 12.0 Å². The predicted molar refractivity (Wildman–Crippen MR) is 71.0 cm³/mol. The zero-order chi connectivity index (χ0) is 11.8. The van der Waals surface area contributed by atoms with Crippen molar-refractivity contribution >= 4 is 5.69 Å². The first-order chi connectivity index (χ1) is 7.47. The summed E-state index contributed by atoms with van der Waals surface area (Å²) >= 11 is 0. The quantitative estimate of drug-likeness (QED) is 0.800. The summed E-state index contributed by atoms with van der Waals surface area (Å²) in [6, 6.07) is 9.52. The second-order valence-corrected chi connectivity index (χ2v) is 6.10. The van der Waals surface area contributed by atoms with E-state index in [-0.39, 0.29) is 5.41 Å². The highest BCUT2D eigenvalue weighted by molar-refractivity contribution is 5.46. The summed E-state index contributed by atoms with van der Waals surface area (Å²) in [5, 5.41) is 3.58. The van der Waals surface area contributed by atoms with Gasteiger partial charge in [-0.2, -0.15) is 0 Å². The molecule has 88 valence electrons. The molecule has 0 heterocycles. The Kier molecular flexibility index (Phi) is 2.96. The Bertz CT molecular complexity index is 341. The van der Waals surface area contributed by atoms with Crippen molar-refractivity contribution in [2.45, 2.75) is 52.0 Å². The lowest BCUT2D eigenvalue weighted by Crippen LogP contribution is -2.17. The highest BCUT2D eigenvalue weighted by atomic mass is 14.9. The zero-order valence-electron chi connectivity index (χ0n) is 10.9. The Labute approximate surface area is 99.3 Å². The molecule has 1 atom stereocenters. The van der Waals surface area contributed by atoms with Gasteiger partial charge in [0, 0.05) is 11.7 Å². The third kappa shape index (κ3) is 2.78. The summed E-state index contributed by atoms with van der Waals surface area (Å²) in [5.41, 5.74) is 2.91. The third-order valence-corrected chi connectivity index (χ3v) is 3.47. The Morgan fingerprint density at radius 3 is 2.12 bits per heavy atom. The van der Waals surface area contributed by atoms with Crippen LogP contribution in [0.15, 0.2) is 24.3 Å². The number of rotatable bonds is 3. The number of hydrogen-bond acceptors (Lipinski definition) is 1. The SMILES string of the molecule is CC(Nc1ccc(C(C)(C)C)cc1)C1CC1. The normalized spacial score (nSPS) is 18.2. The van der Waals surface area contributed by atoms with Crippen LogP contribution in [-0.2, 0) is 5.41 Å². The first-order valence-corrected chi connectivity index (χ1v) is 6.34. The van der Waals surface area contributed by atoms with Crippen LogP contribution in [0.25, 0.3) is 0 Å². The van der Waals surface area contributed by atoms with E-state index in [9.17, 15) is 0 Å². The van der Waals surface area contributed by atoms with Gasteiger partial charge in [0.25, 0.3) is 0 Å². The molecule has 2 rings (SSSR count). The minimum Gasteiger partial charge on any atom is -0.382 e. The van der Waals surface area contributed by atoms with Gasteiger partial charge in [0.15, 0.2) is 0 Å². The van der Waals surface area contributed by atoms with Crippen LogP contribution in [0.4, 0.5) is 5.69 Å². The molecule has 1 aliphatic carbocycles. The molecule has 16 heavy (non-hydrogen) atoms. The molecule has 1 heteroatoms. The van der Waals surface area contributed by atoms with Gasteiger partial charge in [-0.05, 0) is 48.8 Å². The van der Waals surface area contributed by atoms with Gasteiger partial charge in [0.05, 0.1) is 0 Å². The number of hydrogen-bond donors (Lipinski definition) is 1. The Hall–Kier alpha value is -0.980. The molecule has 1 aliphatic rings. The van der Waals surface area contributed by atoms with E-state index in [1.54, 1.807) is 0 Å². The molecule has 1 N–H and O–H groups in total. The Morgan fingerprint density at radius 1 is 1.12 bits per heavy atom. The van der Waals surface area contributed by atoms with E-state index in [0.29, 0.717) is 6.04 Å². The van der Waals surface area contributed by atoms with Crippen LogP contribution in [0.3, 0.4) is 0 Å². The molecular formula is C15H23N. The highest BCUT2D eigenvalue weighted by Crippen LogP contribution is 2.34. The summed E-state index contributed by atoms with van der Waals surface area (Å²) in [6.07, 6.45) is 2.79. The number of benzene rings is 1. The van der Waals surface area contributed by atoms with Gasteiger partial charge in [-0.25, -0.2) is 0 Å². The number of nitrogens with one attached hydrogen (secondary N) is 1. The van der Waals surface area contributed by atoms with Gasteiger partial charge >= 0.3 is 0 Å². The van der Waals surface area contributed by atoms with Gasteiger partial charge in [-0.3, -0.25) is 0 Å². The van der Waals surface area contributed by atoms with Crippen molar-refractivity contribution in [3.63, 3.8) is 0 Å². The Morgan fingerprint density at radius 2 is 1.69 bits per heavy atom. The van der Waals surface area contributed by atoms with Crippen molar-refractivity contribution in [2.24, 2.45) is 5.92 Å². The van der Waals surface area contributed by atoms with Crippen molar-refractivity contribution in [2.75, 3.05) is 5.32 Å². The lowest BCUT2D eigenvalue weighted by atomic mass is 9.87. The van der Waals surface area contributed by atoms with Crippen LogP contribution in [0.2, 0.25) is 0 Å². The summed E-state index contributed by atoms with van der Waals surface area (Å²) in [4.78, 5) is 0. The van der Waals surface area contributed by atoms with Gasteiger partial charge in [-0.15, -0.1) is 0 Å². The van der Waals surface area contributed by atoms with Crippen LogP contribution < -0.4 is 5.32 Å². The first-order valence-electron chi connectivity index (χ1n) is 6.34. The maximum atomic E-state index is 3.58. The summed E-state index contributed by atoms with van der Waals surface area (Å²) in [7, 11) is 0. The molecule has 1 aromatic rings. The van der Waals surface area contributed by atoms with Crippen molar-refractivity contribution < 1.29 is 0 Å². The maximum Gasteiger partial charge on any atom is 0.0342 e. The fourth-order valence-corrected chi connectivity index (χ4v) is 2.04. The summed E-state index contributed by atoms with van der Waals surface area (Å²) in [6.45, 7) is 9.04. The molecule has 1 aromatic carbocycles. The molecule has 1 nitrogen and oxygen atoms in total. The zero-order valence-corrected chi connectivity index (χ0v) is 10.9. The smallest absolute Gasteiger partial charge is 0.0342 e. The highest BCUT2D eigenvalue weighted by Gasteiger charge is 2.27. The van der Waals surface area contributed by atoms with Crippen molar-refractivity contribution in [1.82, 2.24) is 0 Å². The van der Waals surface area contributed by atoms with E-state index in [1.165, 1.54) is 24.1 Å². The molecule has 1 fully saturated rings.